The van der Waals surface area contributed by atoms with Crippen LogP contribution in [-0.2, 0) is 14.3 Å². The highest BCUT2D eigenvalue weighted by molar-refractivity contribution is 5.95. The molecule has 1 heterocycles. The highest BCUT2D eigenvalue weighted by Crippen LogP contribution is 2.11. The van der Waals surface area contributed by atoms with Gasteiger partial charge in [-0.2, -0.15) is 0 Å². The van der Waals surface area contributed by atoms with E-state index in [9.17, 15) is 14.4 Å². The molecule has 1 fully saturated rings. The van der Waals surface area contributed by atoms with E-state index in [1.54, 1.807) is 31.2 Å². The third kappa shape index (κ3) is 5.16. The number of quaternary nitrogens is 1. The summed E-state index contributed by atoms with van der Waals surface area (Å²) in [4.78, 5) is 36.4. The van der Waals surface area contributed by atoms with E-state index in [-0.39, 0.29) is 23.6 Å². The van der Waals surface area contributed by atoms with Gasteiger partial charge in [-0.1, -0.05) is 0 Å². The largest absolute Gasteiger partial charge is 0.466 e. The predicted octanol–water partition coefficient (Wildman–Crippen LogP) is 0.686. The molecule has 130 valence electrons. The van der Waals surface area contributed by atoms with Crippen molar-refractivity contribution in [2.75, 3.05) is 31.6 Å². The fourth-order valence-electron chi connectivity index (χ4n) is 2.99. The Morgan fingerprint density at radius 2 is 1.96 bits per heavy atom. The Kier molecular flexibility index (Phi) is 6.49. The molecule has 1 aliphatic heterocycles. The van der Waals surface area contributed by atoms with Crippen LogP contribution in [-0.4, -0.2) is 43.9 Å². The summed E-state index contributed by atoms with van der Waals surface area (Å²) in [5.74, 6) is -0.369. The van der Waals surface area contributed by atoms with Gasteiger partial charge in [0.2, 0.25) is 0 Å². The van der Waals surface area contributed by atoms with Crippen LogP contribution in [0.1, 0.15) is 37.0 Å². The lowest BCUT2D eigenvalue weighted by atomic mass is 9.98. The van der Waals surface area contributed by atoms with Crippen molar-refractivity contribution in [1.82, 2.24) is 0 Å². The van der Waals surface area contributed by atoms with Crippen molar-refractivity contribution >= 4 is 23.3 Å². The van der Waals surface area contributed by atoms with Gasteiger partial charge in [0.1, 0.15) is 5.92 Å². The molecule has 2 rings (SSSR count). The predicted molar refractivity (Wildman–Crippen MR) is 90.0 cm³/mol. The van der Waals surface area contributed by atoms with Gasteiger partial charge in [-0.05, 0) is 51.0 Å². The third-order valence-corrected chi connectivity index (χ3v) is 4.22. The summed E-state index contributed by atoms with van der Waals surface area (Å²) in [6, 6.07) is 6.84. The first-order valence-electron chi connectivity index (χ1n) is 8.40. The Morgan fingerprint density at radius 1 is 1.25 bits per heavy atom. The fourth-order valence-corrected chi connectivity index (χ4v) is 2.99. The number of ketones is 1. The summed E-state index contributed by atoms with van der Waals surface area (Å²) in [5.41, 5.74) is 1.29. The number of nitrogens with one attached hydrogen (secondary N) is 2. The fraction of sp³-hybridized carbons (Fsp3) is 0.500. The van der Waals surface area contributed by atoms with Crippen molar-refractivity contribution in [3.63, 3.8) is 0 Å². The summed E-state index contributed by atoms with van der Waals surface area (Å²) >= 11 is 0. The molecule has 2 atom stereocenters. The minimum atomic E-state index is -0.157. The number of amides is 1. The van der Waals surface area contributed by atoms with Crippen LogP contribution in [0.15, 0.2) is 24.3 Å². The van der Waals surface area contributed by atoms with Crippen molar-refractivity contribution < 1.29 is 24.0 Å². The first kappa shape index (κ1) is 18.1. The molecule has 0 radical (unpaired) electrons. The van der Waals surface area contributed by atoms with Crippen LogP contribution in [0.25, 0.3) is 0 Å². The van der Waals surface area contributed by atoms with Crippen molar-refractivity contribution in [3.05, 3.63) is 29.8 Å². The number of rotatable bonds is 6. The standard InChI is InChI=1S/C18H24N2O4/c1-3-24-18(23)15-5-4-10-20(11-15)12-17(22)19-16-8-6-14(7-9-16)13(2)21/h6-9,15H,3-5,10-12H2,1-2H3,(H,19,22)/p+1/t15-/m0/s1. The lowest BCUT2D eigenvalue weighted by Gasteiger charge is -2.28. The van der Waals surface area contributed by atoms with E-state index in [1.165, 1.54) is 6.92 Å². The normalized spacial score (nSPS) is 20.2. The zero-order chi connectivity index (χ0) is 17.5. The van der Waals surface area contributed by atoms with Gasteiger partial charge in [0.25, 0.3) is 5.91 Å². The molecular weight excluding hydrogens is 308 g/mol. The highest BCUT2D eigenvalue weighted by atomic mass is 16.5. The first-order valence-corrected chi connectivity index (χ1v) is 8.40. The molecule has 1 aromatic carbocycles. The number of hydrogen-bond acceptors (Lipinski definition) is 4. The van der Waals surface area contributed by atoms with Crippen LogP contribution < -0.4 is 10.2 Å². The molecule has 1 unspecified atom stereocenters. The Bertz CT molecular complexity index is 598. The molecule has 1 amide bonds. The average molecular weight is 333 g/mol. The van der Waals surface area contributed by atoms with Gasteiger partial charge in [0.15, 0.2) is 12.3 Å². The van der Waals surface area contributed by atoms with Gasteiger partial charge in [-0.3, -0.25) is 14.4 Å². The molecule has 2 N–H and O–H groups in total. The first-order chi connectivity index (χ1) is 11.5. The van der Waals surface area contributed by atoms with Gasteiger partial charge < -0.3 is 15.0 Å². The van der Waals surface area contributed by atoms with Gasteiger partial charge in [-0.25, -0.2) is 0 Å². The topological polar surface area (TPSA) is 76.9 Å². The van der Waals surface area contributed by atoms with Crippen LogP contribution in [0.3, 0.4) is 0 Å². The second-order valence-corrected chi connectivity index (χ2v) is 6.15. The average Bonchev–Trinajstić information content (AvgIpc) is 2.55. The lowest BCUT2D eigenvalue weighted by Crippen LogP contribution is -3.14. The van der Waals surface area contributed by atoms with Crippen molar-refractivity contribution in [2.24, 2.45) is 5.92 Å². The molecular formula is C18H25N2O4+. The van der Waals surface area contributed by atoms with Gasteiger partial charge >= 0.3 is 5.97 Å². The molecule has 0 aromatic heterocycles. The third-order valence-electron chi connectivity index (χ3n) is 4.22. The van der Waals surface area contributed by atoms with E-state index < -0.39 is 0 Å². The number of piperidine rings is 1. The van der Waals surface area contributed by atoms with Crippen LogP contribution >= 0.6 is 0 Å². The molecule has 1 aliphatic rings. The molecule has 24 heavy (non-hydrogen) atoms. The van der Waals surface area contributed by atoms with E-state index in [1.807, 2.05) is 0 Å². The van der Waals surface area contributed by atoms with Crippen molar-refractivity contribution in [2.45, 2.75) is 26.7 Å². The highest BCUT2D eigenvalue weighted by Gasteiger charge is 2.30. The second-order valence-electron chi connectivity index (χ2n) is 6.15. The minimum absolute atomic E-state index is 0.00403. The molecule has 6 nitrogen and oxygen atoms in total. The molecule has 1 aromatic rings. The Hall–Kier alpha value is -2.21. The summed E-state index contributed by atoms with van der Waals surface area (Å²) in [7, 11) is 0. The van der Waals surface area contributed by atoms with Gasteiger partial charge in [-0.15, -0.1) is 0 Å². The number of Topliss-reactive ketones (excluding diaryl/α,β-unsaturated/α-hetero) is 1. The zero-order valence-corrected chi connectivity index (χ0v) is 14.3. The minimum Gasteiger partial charge on any atom is -0.466 e. The van der Waals surface area contributed by atoms with Crippen LogP contribution in [0.2, 0.25) is 0 Å². The Balaban J connectivity index is 1.85. The molecule has 0 spiro atoms. The SMILES string of the molecule is CCOC(=O)[C@H]1CCC[NH+](CC(=O)Nc2ccc(C(C)=O)cc2)C1. The number of likely N-dealkylation sites (tertiary alicyclic amines) is 1. The quantitative estimate of drug-likeness (QED) is 0.593. The zero-order valence-electron chi connectivity index (χ0n) is 14.3. The number of benzene rings is 1. The number of carbonyl (C=O) groups excluding carboxylic acids is 3. The number of hydrogen-bond donors (Lipinski definition) is 2. The summed E-state index contributed by atoms with van der Waals surface area (Å²) in [6.45, 7) is 5.54. The maximum atomic E-state index is 12.2. The van der Waals surface area contributed by atoms with E-state index in [0.29, 0.717) is 30.9 Å². The van der Waals surface area contributed by atoms with Crippen LogP contribution in [0, 0.1) is 5.92 Å². The van der Waals surface area contributed by atoms with Crippen LogP contribution in [0.4, 0.5) is 5.69 Å². The number of anilines is 1. The lowest BCUT2D eigenvalue weighted by molar-refractivity contribution is -0.899. The molecule has 0 bridgehead atoms. The second kappa shape index (κ2) is 8.59. The van der Waals surface area contributed by atoms with E-state index >= 15 is 0 Å². The summed E-state index contributed by atoms with van der Waals surface area (Å²) in [5, 5.41) is 2.84. The van der Waals surface area contributed by atoms with Crippen LogP contribution in [0.5, 0.6) is 0 Å². The molecule has 6 heteroatoms. The van der Waals surface area contributed by atoms with E-state index in [4.69, 9.17) is 4.74 Å². The van der Waals surface area contributed by atoms with Gasteiger partial charge in [0.05, 0.1) is 19.7 Å². The van der Waals surface area contributed by atoms with Crippen molar-refractivity contribution in [1.29, 1.82) is 0 Å². The number of esters is 1. The smallest absolute Gasteiger partial charge is 0.314 e. The maximum Gasteiger partial charge on any atom is 0.314 e. The maximum absolute atomic E-state index is 12.2. The van der Waals surface area contributed by atoms with Crippen molar-refractivity contribution in [3.8, 4) is 0 Å². The van der Waals surface area contributed by atoms with E-state index in [0.717, 1.165) is 24.3 Å². The molecule has 0 saturated carbocycles. The van der Waals surface area contributed by atoms with Gasteiger partial charge in [0, 0.05) is 11.3 Å². The molecule has 1 saturated heterocycles. The monoisotopic (exact) mass is 333 g/mol. The Labute approximate surface area is 142 Å². The summed E-state index contributed by atoms with van der Waals surface area (Å²) < 4.78 is 5.08. The Morgan fingerprint density at radius 3 is 2.58 bits per heavy atom. The molecule has 0 aliphatic carbocycles. The summed E-state index contributed by atoms with van der Waals surface area (Å²) in [6.07, 6.45) is 1.75. The number of ether oxygens (including phenoxy) is 1. The van der Waals surface area contributed by atoms with E-state index in [2.05, 4.69) is 5.32 Å². The number of carbonyl (C=O) groups is 3.